The molecule has 0 saturated heterocycles. The first kappa shape index (κ1) is 14.9. The van der Waals surface area contributed by atoms with Crippen molar-refractivity contribution in [3.63, 3.8) is 0 Å². The van der Waals surface area contributed by atoms with E-state index in [4.69, 9.17) is 10.2 Å². The van der Waals surface area contributed by atoms with E-state index < -0.39 is 23.0 Å². The average Bonchev–Trinajstić information content (AvgIpc) is 2.36. The highest BCUT2D eigenvalue weighted by atomic mass is 19.1. The zero-order valence-corrected chi connectivity index (χ0v) is 10.9. The standard InChI is InChI=1S/C13H21FO4/c1-3-9-7-5-6-8-12(9,4-2)13(14,10(15)16)11(17)18/h9H,3-8H2,1-2H3,(H,15,16)(H,17,18). The minimum Gasteiger partial charge on any atom is -0.478 e. The monoisotopic (exact) mass is 260 g/mol. The summed E-state index contributed by atoms with van der Waals surface area (Å²) in [6, 6.07) is 0. The number of hydrogen-bond donors (Lipinski definition) is 2. The summed E-state index contributed by atoms with van der Waals surface area (Å²) in [7, 11) is 0. The second-order valence-corrected chi connectivity index (χ2v) is 5.13. The smallest absolute Gasteiger partial charge is 0.354 e. The van der Waals surface area contributed by atoms with E-state index in [1.54, 1.807) is 6.92 Å². The summed E-state index contributed by atoms with van der Waals surface area (Å²) in [5.74, 6) is -3.91. The van der Waals surface area contributed by atoms with Crippen molar-refractivity contribution in [2.24, 2.45) is 11.3 Å². The molecule has 2 unspecified atom stereocenters. The molecule has 0 radical (unpaired) electrons. The minimum atomic E-state index is -3.18. The molecule has 5 heteroatoms. The first-order valence-electron chi connectivity index (χ1n) is 6.52. The average molecular weight is 260 g/mol. The van der Waals surface area contributed by atoms with Crippen LogP contribution < -0.4 is 0 Å². The fourth-order valence-electron chi connectivity index (χ4n) is 3.59. The third-order valence-corrected chi connectivity index (χ3v) is 4.61. The van der Waals surface area contributed by atoms with Gasteiger partial charge in [-0.25, -0.2) is 14.0 Å². The van der Waals surface area contributed by atoms with Gasteiger partial charge in [0.05, 0.1) is 0 Å². The molecule has 4 nitrogen and oxygen atoms in total. The third-order valence-electron chi connectivity index (χ3n) is 4.61. The van der Waals surface area contributed by atoms with E-state index >= 15 is 0 Å². The summed E-state index contributed by atoms with van der Waals surface area (Å²) >= 11 is 0. The van der Waals surface area contributed by atoms with E-state index in [9.17, 15) is 14.0 Å². The molecule has 0 aromatic carbocycles. The van der Waals surface area contributed by atoms with E-state index in [-0.39, 0.29) is 12.3 Å². The summed E-state index contributed by atoms with van der Waals surface area (Å²) in [5.41, 5.74) is -4.46. The van der Waals surface area contributed by atoms with Crippen LogP contribution in [0.15, 0.2) is 0 Å². The molecule has 0 aromatic heterocycles. The molecule has 1 rings (SSSR count). The van der Waals surface area contributed by atoms with Gasteiger partial charge >= 0.3 is 17.6 Å². The largest absolute Gasteiger partial charge is 0.478 e. The van der Waals surface area contributed by atoms with Crippen LogP contribution in [0.2, 0.25) is 0 Å². The lowest BCUT2D eigenvalue weighted by Crippen LogP contribution is -2.60. The second kappa shape index (κ2) is 5.24. The van der Waals surface area contributed by atoms with E-state index in [0.717, 1.165) is 6.42 Å². The lowest BCUT2D eigenvalue weighted by Gasteiger charge is -2.48. The number of hydrogen-bond acceptors (Lipinski definition) is 2. The Kier molecular flexibility index (Phi) is 4.35. The SMILES string of the molecule is CCC1CCCCC1(CC)C(F)(C(=O)O)C(=O)O. The Morgan fingerprint density at radius 2 is 1.83 bits per heavy atom. The van der Waals surface area contributed by atoms with Gasteiger partial charge in [0.1, 0.15) is 0 Å². The summed E-state index contributed by atoms with van der Waals surface area (Å²) in [6.07, 6.45) is 3.49. The Morgan fingerprint density at radius 1 is 1.28 bits per heavy atom. The summed E-state index contributed by atoms with van der Waals surface area (Å²) < 4.78 is 14.8. The maximum Gasteiger partial charge on any atom is 0.354 e. The Morgan fingerprint density at radius 3 is 2.22 bits per heavy atom. The molecule has 0 heterocycles. The predicted molar refractivity (Wildman–Crippen MR) is 64.1 cm³/mol. The van der Waals surface area contributed by atoms with Crippen molar-refractivity contribution in [1.29, 1.82) is 0 Å². The van der Waals surface area contributed by atoms with Crippen molar-refractivity contribution in [3.05, 3.63) is 0 Å². The Balaban J connectivity index is 3.34. The van der Waals surface area contributed by atoms with Gasteiger partial charge in [-0.1, -0.05) is 33.1 Å². The number of carbonyl (C=O) groups is 2. The number of aliphatic carboxylic acids is 2. The van der Waals surface area contributed by atoms with Crippen LogP contribution in [0.5, 0.6) is 0 Å². The van der Waals surface area contributed by atoms with Crippen molar-refractivity contribution in [3.8, 4) is 0 Å². The van der Waals surface area contributed by atoms with Gasteiger partial charge in [0.2, 0.25) is 0 Å². The van der Waals surface area contributed by atoms with Gasteiger partial charge in [-0.15, -0.1) is 0 Å². The van der Waals surface area contributed by atoms with Crippen LogP contribution in [0.1, 0.15) is 52.4 Å². The maximum atomic E-state index is 14.8. The molecule has 0 bridgehead atoms. The molecule has 1 saturated carbocycles. The quantitative estimate of drug-likeness (QED) is 0.745. The number of alkyl halides is 1. The molecule has 2 atom stereocenters. The van der Waals surface area contributed by atoms with Crippen LogP contribution in [-0.4, -0.2) is 27.8 Å². The van der Waals surface area contributed by atoms with Crippen molar-refractivity contribution in [2.75, 3.05) is 0 Å². The van der Waals surface area contributed by atoms with Crippen LogP contribution in [-0.2, 0) is 9.59 Å². The predicted octanol–water partition coefficient (Wildman–Crippen LogP) is 2.86. The molecular weight excluding hydrogens is 239 g/mol. The first-order valence-corrected chi connectivity index (χ1v) is 6.52. The van der Waals surface area contributed by atoms with Gasteiger partial charge in [-0.05, 0) is 25.2 Å². The lowest BCUT2D eigenvalue weighted by molar-refractivity contribution is -0.188. The van der Waals surface area contributed by atoms with Gasteiger partial charge in [0, 0.05) is 5.41 Å². The van der Waals surface area contributed by atoms with Crippen molar-refractivity contribution >= 4 is 11.9 Å². The van der Waals surface area contributed by atoms with E-state index in [0.29, 0.717) is 25.7 Å². The Hall–Kier alpha value is -1.13. The van der Waals surface area contributed by atoms with Crippen molar-refractivity contribution in [2.45, 2.75) is 58.0 Å². The fraction of sp³-hybridized carbons (Fsp3) is 0.846. The molecule has 104 valence electrons. The Labute approximate surface area is 106 Å². The van der Waals surface area contributed by atoms with Gasteiger partial charge < -0.3 is 10.2 Å². The van der Waals surface area contributed by atoms with Gasteiger partial charge in [0.25, 0.3) is 0 Å². The summed E-state index contributed by atoms with van der Waals surface area (Å²) in [5, 5.41) is 18.2. The van der Waals surface area contributed by atoms with Crippen LogP contribution in [0.25, 0.3) is 0 Å². The molecule has 2 N–H and O–H groups in total. The topological polar surface area (TPSA) is 74.6 Å². The van der Waals surface area contributed by atoms with Gasteiger partial charge in [-0.3, -0.25) is 0 Å². The second-order valence-electron chi connectivity index (χ2n) is 5.13. The summed E-state index contributed by atoms with van der Waals surface area (Å²) in [4.78, 5) is 22.5. The number of carboxylic acids is 2. The fourth-order valence-corrected chi connectivity index (χ4v) is 3.59. The van der Waals surface area contributed by atoms with Crippen molar-refractivity contribution in [1.82, 2.24) is 0 Å². The van der Waals surface area contributed by atoms with Crippen LogP contribution >= 0.6 is 0 Å². The molecule has 1 aliphatic carbocycles. The molecule has 0 aromatic rings. The molecule has 18 heavy (non-hydrogen) atoms. The zero-order chi connectivity index (χ0) is 14.0. The number of halogens is 1. The van der Waals surface area contributed by atoms with Gasteiger partial charge in [-0.2, -0.15) is 0 Å². The Bertz CT molecular complexity index is 328. The minimum absolute atomic E-state index is 0.187. The summed E-state index contributed by atoms with van der Waals surface area (Å²) in [6.45, 7) is 3.55. The molecule has 0 aliphatic heterocycles. The van der Waals surface area contributed by atoms with Crippen LogP contribution in [0.4, 0.5) is 4.39 Å². The normalized spacial score (nSPS) is 28.9. The molecule has 0 spiro atoms. The van der Waals surface area contributed by atoms with E-state index in [1.165, 1.54) is 0 Å². The van der Waals surface area contributed by atoms with E-state index in [1.807, 2.05) is 6.92 Å². The highest BCUT2D eigenvalue weighted by Crippen LogP contribution is 2.54. The van der Waals surface area contributed by atoms with E-state index in [2.05, 4.69) is 0 Å². The highest BCUT2D eigenvalue weighted by molar-refractivity contribution is 6.03. The molecule has 1 aliphatic rings. The number of carboxylic acid groups (broad SMARTS) is 2. The first-order chi connectivity index (χ1) is 8.36. The van der Waals surface area contributed by atoms with Gasteiger partial charge in [0.15, 0.2) is 0 Å². The third kappa shape index (κ3) is 1.89. The maximum absolute atomic E-state index is 14.8. The zero-order valence-electron chi connectivity index (χ0n) is 10.9. The molecule has 1 fully saturated rings. The van der Waals surface area contributed by atoms with Crippen LogP contribution in [0.3, 0.4) is 0 Å². The number of rotatable bonds is 5. The van der Waals surface area contributed by atoms with Crippen LogP contribution in [0, 0.1) is 11.3 Å². The molecular formula is C13H21FO4. The lowest BCUT2D eigenvalue weighted by atomic mass is 9.56. The highest BCUT2D eigenvalue weighted by Gasteiger charge is 2.65. The molecule has 0 amide bonds. The van der Waals surface area contributed by atoms with Crippen molar-refractivity contribution < 1.29 is 24.2 Å².